The van der Waals surface area contributed by atoms with Gasteiger partial charge < -0.3 is 14.8 Å². The van der Waals surface area contributed by atoms with E-state index in [0.29, 0.717) is 6.54 Å². The standard InChI is InChI=1S/C19H28N2O3/c1-14-6-4-7-15(2)18(14)20-17(22)13-21-10-9-19(8-5-11-24-19)16(12-21)23-3/h4,6-7,16H,5,8-13H2,1-3H3,(H,20,22)/t16-,19+/m0/s1. The second-order valence-electron chi connectivity index (χ2n) is 7.04. The highest BCUT2D eigenvalue weighted by Gasteiger charge is 2.46. The summed E-state index contributed by atoms with van der Waals surface area (Å²) in [6.45, 7) is 6.88. The molecule has 0 saturated carbocycles. The van der Waals surface area contributed by atoms with Crippen molar-refractivity contribution in [1.29, 1.82) is 0 Å². The minimum Gasteiger partial charge on any atom is -0.377 e. The van der Waals surface area contributed by atoms with E-state index in [1.54, 1.807) is 7.11 Å². The molecule has 2 fully saturated rings. The first kappa shape index (κ1) is 17.4. The smallest absolute Gasteiger partial charge is 0.238 e. The second kappa shape index (κ2) is 7.21. The average Bonchev–Trinajstić information content (AvgIpc) is 3.02. The van der Waals surface area contributed by atoms with E-state index < -0.39 is 0 Å². The molecule has 1 amide bonds. The molecule has 2 heterocycles. The summed E-state index contributed by atoms with van der Waals surface area (Å²) >= 11 is 0. The Morgan fingerprint density at radius 2 is 2.12 bits per heavy atom. The monoisotopic (exact) mass is 332 g/mol. The van der Waals surface area contributed by atoms with E-state index in [-0.39, 0.29) is 17.6 Å². The molecule has 1 spiro atoms. The van der Waals surface area contributed by atoms with Crippen molar-refractivity contribution < 1.29 is 14.3 Å². The maximum absolute atomic E-state index is 12.5. The van der Waals surface area contributed by atoms with Gasteiger partial charge in [0.2, 0.25) is 5.91 Å². The number of likely N-dealkylation sites (tertiary alicyclic amines) is 1. The Hall–Kier alpha value is -1.43. The zero-order valence-electron chi connectivity index (χ0n) is 14.9. The van der Waals surface area contributed by atoms with Crippen LogP contribution in [0.3, 0.4) is 0 Å². The van der Waals surface area contributed by atoms with Crippen molar-refractivity contribution in [2.75, 3.05) is 38.7 Å². The Bertz CT molecular complexity index is 576. The molecule has 5 nitrogen and oxygen atoms in total. The molecule has 2 saturated heterocycles. The third-order valence-electron chi connectivity index (χ3n) is 5.39. The highest BCUT2D eigenvalue weighted by Crippen LogP contribution is 2.37. The van der Waals surface area contributed by atoms with Crippen LogP contribution in [0, 0.1) is 13.8 Å². The van der Waals surface area contributed by atoms with Crippen molar-refractivity contribution in [1.82, 2.24) is 4.90 Å². The number of ether oxygens (including phenoxy) is 2. The van der Waals surface area contributed by atoms with Gasteiger partial charge in [0.1, 0.15) is 0 Å². The van der Waals surface area contributed by atoms with Crippen LogP contribution in [0.1, 0.15) is 30.4 Å². The first-order valence-corrected chi connectivity index (χ1v) is 8.79. The second-order valence-corrected chi connectivity index (χ2v) is 7.04. The summed E-state index contributed by atoms with van der Waals surface area (Å²) in [6.07, 6.45) is 3.14. The Kier molecular flexibility index (Phi) is 5.23. The van der Waals surface area contributed by atoms with E-state index in [1.807, 2.05) is 32.0 Å². The van der Waals surface area contributed by atoms with Gasteiger partial charge in [-0.2, -0.15) is 0 Å². The molecule has 1 aromatic rings. The first-order chi connectivity index (χ1) is 11.5. The number of piperidine rings is 1. The van der Waals surface area contributed by atoms with Crippen LogP contribution in [-0.2, 0) is 14.3 Å². The van der Waals surface area contributed by atoms with Crippen molar-refractivity contribution in [3.05, 3.63) is 29.3 Å². The van der Waals surface area contributed by atoms with Crippen molar-refractivity contribution in [2.45, 2.75) is 44.8 Å². The minimum atomic E-state index is -0.131. The van der Waals surface area contributed by atoms with Crippen LogP contribution in [0.25, 0.3) is 0 Å². The highest BCUT2D eigenvalue weighted by atomic mass is 16.5. The number of anilines is 1. The Morgan fingerprint density at radius 1 is 1.38 bits per heavy atom. The number of nitrogens with one attached hydrogen (secondary N) is 1. The summed E-state index contributed by atoms with van der Waals surface area (Å²) in [4.78, 5) is 14.6. The molecule has 132 valence electrons. The molecule has 2 aliphatic rings. The zero-order valence-corrected chi connectivity index (χ0v) is 14.9. The quantitative estimate of drug-likeness (QED) is 0.920. The van der Waals surface area contributed by atoms with Gasteiger partial charge >= 0.3 is 0 Å². The number of amides is 1. The lowest BCUT2D eigenvalue weighted by Gasteiger charge is -2.44. The maximum Gasteiger partial charge on any atom is 0.238 e. The fourth-order valence-electron chi connectivity index (χ4n) is 4.00. The van der Waals surface area contributed by atoms with Crippen molar-refractivity contribution >= 4 is 11.6 Å². The fraction of sp³-hybridized carbons (Fsp3) is 0.632. The van der Waals surface area contributed by atoms with E-state index in [4.69, 9.17) is 9.47 Å². The predicted molar refractivity (Wildman–Crippen MR) is 94.3 cm³/mol. The zero-order chi connectivity index (χ0) is 17.2. The summed E-state index contributed by atoms with van der Waals surface area (Å²) in [6, 6.07) is 6.05. The first-order valence-electron chi connectivity index (χ1n) is 8.79. The summed E-state index contributed by atoms with van der Waals surface area (Å²) in [5.41, 5.74) is 2.98. The topological polar surface area (TPSA) is 50.8 Å². The van der Waals surface area contributed by atoms with Gasteiger partial charge in [-0.1, -0.05) is 18.2 Å². The van der Waals surface area contributed by atoms with Crippen molar-refractivity contribution in [2.24, 2.45) is 0 Å². The van der Waals surface area contributed by atoms with E-state index in [9.17, 15) is 4.79 Å². The number of carbonyl (C=O) groups is 1. The number of hydrogen-bond acceptors (Lipinski definition) is 4. The lowest BCUT2D eigenvalue weighted by molar-refractivity contribution is -0.145. The summed E-state index contributed by atoms with van der Waals surface area (Å²) in [7, 11) is 1.74. The Labute approximate surface area is 144 Å². The molecule has 0 aromatic heterocycles. The maximum atomic E-state index is 12.5. The summed E-state index contributed by atoms with van der Waals surface area (Å²) in [5.74, 6) is 0.0329. The van der Waals surface area contributed by atoms with E-state index >= 15 is 0 Å². The summed E-state index contributed by atoms with van der Waals surface area (Å²) < 4.78 is 11.7. The average molecular weight is 332 g/mol. The van der Waals surface area contributed by atoms with Crippen LogP contribution in [-0.4, -0.2) is 55.9 Å². The molecule has 3 rings (SSSR count). The molecule has 2 aliphatic heterocycles. The lowest BCUT2D eigenvalue weighted by atomic mass is 9.86. The van der Waals surface area contributed by atoms with Crippen LogP contribution < -0.4 is 5.32 Å². The van der Waals surface area contributed by atoms with Gasteiger partial charge in [0.25, 0.3) is 0 Å². The number of para-hydroxylation sites is 1. The number of aryl methyl sites for hydroxylation is 2. The number of methoxy groups -OCH3 is 1. The molecule has 1 N–H and O–H groups in total. The minimum absolute atomic E-state index is 0.0329. The van der Waals surface area contributed by atoms with Crippen LogP contribution >= 0.6 is 0 Å². The highest BCUT2D eigenvalue weighted by molar-refractivity contribution is 5.93. The van der Waals surface area contributed by atoms with Crippen LogP contribution in [0.15, 0.2) is 18.2 Å². The molecule has 0 unspecified atom stereocenters. The largest absolute Gasteiger partial charge is 0.377 e. The Balaban J connectivity index is 1.59. The number of rotatable bonds is 4. The van der Waals surface area contributed by atoms with Gasteiger partial charge in [-0.15, -0.1) is 0 Å². The third-order valence-corrected chi connectivity index (χ3v) is 5.39. The molecule has 1 aromatic carbocycles. The van der Waals surface area contributed by atoms with Crippen molar-refractivity contribution in [3.8, 4) is 0 Å². The summed E-state index contributed by atoms with van der Waals surface area (Å²) in [5, 5.41) is 3.07. The van der Waals surface area contributed by atoms with Crippen molar-refractivity contribution in [3.63, 3.8) is 0 Å². The molecular weight excluding hydrogens is 304 g/mol. The van der Waals surface area contributed by atoms with Gasteiger partial charge in [0, 0.05) is 32.5 Å². The lowest BCUT2D eigenvalue weighted by Crippen LogP contribution is -2.57. The van der Waals surface area contributed by atoms with Gasteiger partial charge in [0.05, 0.1) is 18.2 Å². The van der Waals surface area contributed by atoms with Gasteiger partial charge in [-0.25, -0.2) is 0 Å². The molecule has 24 heavy (non-hydrogen) atoms. The fourth-order valence-corrected chi connectivity index (χ4v) is 4.00. The molecule has 0 radical (unpaired) electrons. The van der Waals surface area contributed by atoms with Gasteiger partial charge in [0.15, 0.2) is 0 Å². The van der Waals surface area contributed by atoms with E-state index in [0.717, 1.165) is 55.8 Å². The predicted octanol–water partition coefficient (Wildman–Crippen LogP) is 2.51. The van der Waals surface area contributed by atoms with Crippen LogP contribution in [0.4, 0.5) is 5.69 Å². The van der Waals surface area contributed by atoms with E-state index in [1.165, 1.54) is 0 Å². The Morgan fingerprint density at radius 3 is 2.75 bits per heavy atom. The molecule has 0 aliphatic carbocycles. The SMILES string of the molecule is CO[C@H]1CN(CC(=O)Nc2c(C)cccc2C)CC[C@]12CCCO2. The number of carbonyl (C=O) groups excluding carboxylic acids is 1. The normalized spacial score (nSPS) is 27.5. The van der Waals surface area contributed by atoms with Gasteiger partial charge in [-0.05, 0) is 44.2 Å². The number of nitrogens with zero attached hydrogens (tertiary/aromatic N) is 1. The molecule has 0 bridgehead atoms. The molecule has 5 heteroatoms. The third kappa shape index (κ3) is 3.48. The number of benzene rings is 1. The number of hydrogen-bond donors (Lipinski definition) is 1. The molecule has 2 atom stereocenters. The van der Waals surface area contributed by atoms with Gasteiger partial charge in [-0.3, -0.25) is 9.69 Å². The van der Waals surface area contributed by atoms with Crippen LogP contribution in [0.2, 0.25) is 0 Å². The van der Waals surface area contributed by atoms with E-state index in [2.05, 4.69) is 10.2 Å². The molecular formula is C19H28N2O3. The van der Waals surface area contributed by atoms with Crippen LogP contribution in [0.5, 0.6) is 0 Å².